The van der Waals surface area contributed by atoms with Gasteiger partial charge in [0.05, 0.1) is 27.9 Å². The molecule has 0 radical (unpaired) electrons. The Kier molecular flexibility index (Phi) is 14.7. The summed E-state index contributed by atoms with van der Waals surface area (Å²) in [7, 11) is 4.83. The maximum Gasteiger partial charge on any atom is 0.203 e. The molecule has 0 amide bonds. The second-order valence-corrected chi connectivity index (χ2v) is 6.04. The van der Waals surface area contributed by atoms with Gasteiger partial charge in [0.15, 0.2) is 17.5 Å². The van der Waals surface area contributed by atoms with Crippen molar-refractivity contribution < 1.29 is 14.2 Å². The first-order valence-electron chi connectivity index (χ1n) is 9.66. The normalized spacial score (nSPS) is 11.0. The Morgan fingerprint density at radius 3 is 2.04 bits per heavy atom. The molecule has 0 aliphatic carbocycles. The Bertz CT molecular complexity index is 556. The van der Waals surface area contributed by atoms with Gasteiger partial charge in [0.25, 0.3) is 0 Å². The maximum atomic E-state index is 5.41. The number of rotatable bonds is 12. The average Bonchev–Trinajstić information content (AvgIpc) is 2.70. The third-order valence-corrected chi connectivity index (χ3v) is 4.33. The van der Waals surface area contributed by atoms with Crippen molar-refractivity contribution >= 4 is 29.9 Å². The van der Waals surface area contributed by atoms with Crippen LogP contribution in [0.25, 0.3) is 0 Å². The van der Waals surface area contributed by atoms with Crippen LogP contribution >= 0.6 is 24.0 Å². The highest BCUT2D eigenvalue weighted by molar-refractivity contribution is 14.0. The van der Waals surface area contributed by atoms with E-state index in [1.807, 2.05) is 12.1 Å². The molecule has 0 unspecified atom stereocenters. The van der Waals surface area contributed by atoms with E-state index in [0.29, 0.717) is 23.8 Å². The fraction of sp³-hybridized carbons (Fsp3) is 0.650. The molecule has 0 fully saturated rings. The highest BCUT2D eigenvalue weighted by Gasteiger charge is 2.13. The number of hydrogen-bond donors (Lipinski definition) is 2. The van der Waals surface area contributed by atoms with Gasteiger partial charge in [-0.1, -0.05) is 13.8 Å². The number of nitrogens with zero attached hydrogens (tertiary/aromatic N) is 2. The summed E-state index contributed by atoms with van der Waals surface area (Å²) >= 11 is 0. The van der Waals surface area contributed by atoms with Gasteiger partial charge < -0.3 is 29.7 Å². The molecule has 0 atom stereocenters. The lowest BCUT2D eigenvalue weighted by Gasteiger charge is -2.18. The SMILES string of the molecule is CCNC(=NCc1cc(OC)c(OC)c(OC)c1)NCCCN(CC)CC.I. The van der Waals surface area contributed by atoms with E-state index in [2.05, 4.69) is 41.3 Å². The lowest BCUT2D eigenvalue weighted by Crippen LogP contribution is -2.38. The van der Waals surface area contributed by atoms with Crippen molar-refractivity contribution in [1.82, 2.24) is 15.5 Å². The third-order valence-electron chi connectivity index (χ3n) is 4.33. The standard InChI is InChI=1S/C20H36N4O3.HI/c1-7-21-20(22-11-10-12-24(8-2)9-3)23-15-16-13-17(25-4)19(27-6)18(14-16)26-5;/h13-14H,7-12,15H2,1-6H3,(H2,21,22,23);1H. The van der Waals surface area contributed by atoms with Gasteiger partial charge in [-0.3, -0.25) is 0 Å². The number of guanidine groups is 1. The molecular weight excluding hydrogens is 471 g/mol. The van der Waals surface area contributed by atoms with Crippen molar-refractivity contribution in [3.8, 4) is 17.2 Å². The second kappa shape index (κ2) is 15.5. The molecular formula is C20H37IN4O3. The Labute approximate surface area is 187 Å². The Morgan fingerprint density at radius 2 is 1.57 bits per heavy atom. The number of aliphatic imine (C=N–C) groups is 1. The lowest BCUT2D eigenvalue weighted by molar-refractivity contribution is 0.300. The molecule has 1 rings (SSSR count). The fourth-order valence-corrected chi connectivity index (χ4v) is 2.79. The molecule has 28 heavy (non-hydrogen) atoms. The van der Waals surface area contributed by atoms with Crippen molar-refractivity contribution in [2.75, 3.05) is 54.1 Å². The van der Waals surface area contributed by atoms with Gasteiger partial charge in [-0.05, 0) is 50.7 Å². The molecule has 0 saturated heterocycles. The number of benzene rings is 1. The van der Waals surface area contributed by atoms with Gasteiger partial charge in [-0.15, -0.1) is 24.0 Å². The number of nitrogens with one attached hydrogen (secondary N) is 2. The molecule has 8 heteroatoms. The van der Waals surface area contributed by atoms with E-state index >= 15 is 0 Å². The van der Waals surface area contributed by atoms with Crippen LogP contribution in [0.3, 0.4) is 0 Å². The first kappa shape index (κ1) is 26.6. The topological polar surface area (TPSA) is 67.4 Å². The second-order valence-electron chi connectivity index (χ2n) is 6.04. The highest BCUT2D eigenvalue weighted by Crippen LogP contribution is 2.38. The van der Waals surface area contributed by atoms with Crippen molar-refractivity contribution in [2.24, 2.45) is 4.99 Å². The summed E-state index contributed by atoms with van der Waals surface area (Å²) in [5.74, 6) is 2.68. The molecule has 1 aromatic rings. The van der Waals surface area contributed by atoms with Crippen molar-refractivity contribution in [1.29, 1.82) is 0 Å². The first-order valence-corrected chi connectivity index (χ1v) is 9.66. The summed E-state index contributed by atoms with van der Waals surface area (Å²) in [4.78, 5) is 7.09. The van der Waals surface area contributed by atoms with Crippen LogP contribution in [0, 0.1) is 0 Å². The quantitative estimate of drug-likeness (QED) is 0.196. The zero-order valence-electron chi connectivity index (χ0n) is 18.1. The average molecular weight is 508 g/mol. The lowest BCUT2D eigenvalue weighted by atomic mass is 10.2. The summed E-state index contributed by atoms with van der Waals surface area (Å²) in [6.45, 7) is 11.9. The van der Waals surface area contributed by atoms with Crippen LogP contribution in [0.15, 0.2) is 17.1 Å². The van der Waals surface area contributed by atoms with Gasteiger partial charge in [0, 0.05) is 13.1 Å². The van der Waals surface area contributed by atoms with Gasteiger partial charge >= 0.3 is 0 Å². The number of methoxy groups -OCH3 is 3. The van der Waals surface area contributed by atoms with Gasteiger partial charge in [-0.2, -0.15) is 0 Å². The molecule has 162 valence electrons. The van der Waals surface area contributed by atoms with Crippen LogP contribution in [0.4, 0.5) is 0 Å². The molecule has 0 bridgehead atoms. The van der Waals surface area contributed by atoms with Gasteiger partial charge in [0.1, 0.15) is 0 Å². The third kappa shape index (κ3) is 8.72. The molecule has 1 aromatic carbocycles. The molecule has 0 saturated carbocycles. The zero-order chi connectivity index (χ0) is 20.1. The Balaban J connectivity index is 0.00000729. The van der Waals surface area contributed by atoms with Crippen LogP contribution in [-0.4, -0.2) is 64.9 Å². The van der Waals surface area contributed by atoms with E-state index in [1.54, 1.807) is 21.3 Å². The van der Waals surface area contributed by atoms with Crippen LogP contribution in [0.5, 0.6) is 17.2 Å². The minimum absolute atomic E-state index is 0. The van der Waals surface area contributed by atoms with E-state index in [-0.39, 0.29) is 24.0 Å². The van der Waals surface area contributed by atoms with Gasteiger partial charge in [0.2, 0.25) is 5.75 Å². The van der Waals surface area contributed by atoms with Crippen molar-refractivity contribution in [3.63, 3.8) is 0 Å². The Hall–Kier alpha value is -1.42. The maximum absolute atomic E-state index is 5.41. The smallest absolute Gasteiger partial charge is 0.203 e. The predicted octanol–water partition coefficient (Wildman–Crippen LogP) is 3.12. The predicted molar refractivity (Wildman–Crippen MR) is 127 cm³/mol. The molecule has 0 spiro atoms. The molecule has 0 aromatic heterocycles. The summed E-state index contributed by atoms with van der Waals surface area (Å²) < 4.78 is 16.2. The van der Waals surface area contributed by atoms with Crippen LogP contribution in [0.2, 0.25) is 0 Å². The number of hydrogen-bond acceptors (Lipinski definition) is 5. The van der Waals surface area contributed by atoms with Crippen molar-refractivity contribution in [3.05, 3.63) is 17.7 Å². The highest BCUT2D eigenvalue weighted by atomic mass is 127. The minimum atomic E-state index is 0. The summed E-state index contributed by atoms with van der Waals surface area (Å²) in [5.41, 5.74) is 0.991. The first-order chi connectivity index (χ1) is 13.1. The largest absolute Gasteiger partial charge is 0.493 e. The number of halogens is 1. The van der Waals surface area contributed by atoms with E-state index < -0.39 is 0 Å². The number of ether oxygens (including phenoxy) is 3. The molecule has 0 aliphatic heterocycles. The summed E-state index contributed by atoms with van der Waals surface area (Å²) in [6, 6.07) is 3.85. The van der Waals surface area contributed by atoms with Crippen molar-refractivity contribution in [2.45, 2.75) is 33.7 Å². The zero-order valence-corrected chi connectivity index (χ0v) is 20.5. The van der Waals surface area contributed by atoms with E-state index in [0.717, 1.165) is 50.7 Å². The van der Waals surface area contributed by atoms with Crippen LogP contribution in [0.1, 0.15) is 32.8 Å². The fourth-order valence-electron chi connectivity index (χ4n) is 2.79. The summed E-state index contributed by atoms with van der Waals surface area (Å²) in [5, 5.41) is 6.69. The van der Waals surface area contributed by atoms with Crippen LogP contribution in [-0.2, 0) is 6.54 Å². The van der Waals surface area contributed by atoms with E-state index in [9.17, 15) is 0 Å². The molecule has 0 heterocycles. The van der Waals surface area contributed by atoms with Crippen LogP contribution < -0.4 is 24.8 Å². The molecule has 2 N–H and O–H groups in total. The van der Waals surface area contributed by atoms with E-state index in [4.69, 9.17) is 14.2 Å². The molecule has 7 nitrogen and oxygen atoms in total. The minimum Gasteiger partial charge on any atom is -0.493 e. The van der Waals surface area contributed by atoms with E-state index in [1.165, 1.54) is 0 Å². The van der Waals surface area contributed by atoms with Gasteiger partial charge in [-0.25, -0.2) is 4.99 Å². The Morgan fingerprint density at radius 1 is 0.964 bits per heavy atom. The summed E-state index contributed by atoms with van der Waals surface area (Å²) in [6.07, 6.45) is 1.08. The monoisotopic (exact) mass is 508 g/mol. The molecule has 0 aliphatic rings.